The minimum absolute atomic E-state index is 0.126. The van der Waals surface area contributed by atoms with Crippen molar-refractivity contribution in [3.8, 4) is 0 Å². The van der Waals surface area contributed by atoms with Gasteiger partial charge in [-0.2, -0.15) is 4.98 Å². The third kappa shape index (κ3) is 5.07. The summed E-state index contributed by atoms with van der Waals surface area (Å²) < 4.78 is 4.98. The van der Waals surface area contributed by atoms with E-state index in [0.29, 0.717) is 29.6 Å². The van der Waals surface area contributed by atoms with Crippen LogP contribution in [0.3, 0.4) is 0 Å². The van der Waals surface area contributed by atoms with Crippen LogP contribution in [0.25, 0.3) is 0 Å². The van der Waals surface area contributed by atoms with Crippen LogP contribution in [-0.2, 0) is 12.3 Å². The zero-order valence-corrected chi connectivity index (χ0v) is 16.3. The Morgan fingerprint density at radius 3 is 2.70 bits per heavy atom. The highest BCUT2D eigenvalue weighted by atomic mass is 32.2. The summed E-state index contributed by atoms with van der Waals surface area (Å²) in [5, 5.41) is 6.83. The van der Waals surface area contributed by atoms with Crippen LogP contribution in [0.15, 0.2) is 52.0 Å². The molecule has 1 aromatic carbocycles. The summed E-state index contributed by atoms with van der Waals surface area (Å²) in [4.78, 5) is 24.0. The monoisotopic (exact) mass is 383 g/mol. The number of nitrogens with one attached hydrogen (secondary N) is 1. The van der Waals surface area contributed by atoms with E-state index in [1.54, 1.807) is 13.1 Å². The summed E-state index contributed by atoms with van der Waals surface area (Å²) in [5.74, 6) is 2.44. The van der Waals surface area contributed by atoms with Crippen LogP contribution in [0.2, 0.25) is 0 Å². The maximum atomic E-state index is 12.6. The Morgan fingerprint density at radius 2 is 2.04 bits per heavy atom. The first kappa shape index (κ1) is 18.9. The van der Waals surface area contributed by atoms with Crippen molar-refractivity contribution in [1.82, 2.24) is 20.4 Å². The van der Waals surface area contributed by atoms with Gasteiger partial charge >= 0.3 is 0 Å². The molecule has 0 aliphatic heterocycles. The van der Waals surface area contributed by atoms with Crippen LogP contribution in [-0.4, -0.2) is 35.1 Å². The lowest BCUT2D eigenvalue weighted by Gasteiger charge is -2.12. The van der Waals surface area contributed by atoms with E-state index in [1.165, 1.54) is 11.8 Å². The first-order chi connectivity index (χ1) is 13.0. The molecule has 0 aliphatic rings. The van der Waals surface area contributed by atoms with Gasteiger partial charge in [0.2, 0.25) is 5.89 Å². The van der Waals surface area contributed by atoms with Gasteiger partial charge in [-0.1, -0.05) is 23.4 Å². The second kappa shape index (κ2) is 8.68. The second-order valence-corrected chi connectivity index (χ2v) is 7.13. The Bertz CT molecular complexity index is 908. The fourth-order valence-electron chi connectivity index (χ4n) is 2.39. The van der Waals surface area contributed by atoms with Gasteiger partial charge in [-0.15, -0.1) is 11.8 Å². The van der Waals surface area contributed by atoms with Crippen LogP contribution in [0.5, 0.6) is 0 Å². The number of amides is 1. The number of hydrogen-bond acceptors (Lipinski definition) is 7. The van der Waals surface area contributed by atoms with Crippen LogP contribution in [0.1, 0.15) is 27.6 Å². The summed E-state index contributed by atoms with van der Waals surface area (Å²) in [6, 6.07) is 11.4. The molecule has 0 aliphatic carbocycles. The van der Waals surface area contributed by atoms with Crippen LogP contribution in [0, 0.1) is 6.92 Å². The van der Waals surface area contributed by atoms with Crippen molar-refractivity contribution >= 4 is 23.5 Å². The summed E-state index contributed by atoms with van der Waals surface area (Å²) >= 11 is 1.50. The lowest BCUT2D eigenvalue weighted by atomic mass is 10.2. The third-order valence-electron chi connectivity index (χ3n) is 3.78. The van der Waals surface area contributed by atoms with Gasteiger partial charge in [0, 0.05) is 38.7 Å². The fraction of sp³-hybridized carbons (Fsp3) is 0.263. The highest BCUT2D eigenvalue weighted by Crippen LogP contribution is 2.25. The number of rotatable bonds is 7. The minimum Gasteiger partial charge on any atom is -0.363 e. The molecule has 3 rings (SSSR count). The Morgan fingerprint density at radius 1 is 1.22 bits per heavy atom. The highest BCUT2D eigenvalue weighted by molar-refractivity contribution is 7.98. The first-order valence-electron chi connectivity index (χ1n) is 8.44. The number of thioether (sulfide) groups is 1. The number of nitrogens with zero attached hydrogens (tertiary/aromatic N) is 4. The molecule has 0 unspecified atom stereocenters. The van der Waals surface area contributed by atoms with Crippen molar-refractivity contribution in [2.75, 3.05) is 19.0 Å². The number of hydrogen-bond donors (Lipinski definition) is 1. The van der Waals surface area contributed by atoms with E-state index in [0.717, 1.165) is 16.3 Å². The predicted molar refractivity (Wildman–Crippen MR) is 105 cm³/mol. The van der Waals surface area contributed by atoms with Crippen molar-refractivity contribution in [3.05, 3.63) is 65.4 Å². The lowest BCUT2D eigenvalue weighted by molar-refractivity contribution is 0.0948. The standard InChI is InChI=1S/C19H21N5O2S/c1-13-22-17(23-26-13)12-27-16-7-5-4-6-15(16)19(25)21-11-14-8-9-18(20-10-14)24(2)3/h4-10H,11-12H2,1-3H3,(H,21,25). The zero-order chi connectivity index (χ0) is 19.2. The number of carbonyl (C=O) groups is 1. The average Bonchev–Trinajstić information content (AvgIpc) is 3.10. The van der Waals surface area contributed by atoms with E-state index in [9.17, 15) is 4.79 Å². The van der Waals surface area contributed by atoms with Gasteiger partial charge in [-0.25, -0.2) is 4.98 Å². The Hall–Kier alpha value is -2.87. The van der Waals surface area contributed by atoms with E-state index in [-0.39, 0.29) is 5.91 Å². The van der Waals surface area contributed by atoms with Gasteiger partial charge in [0.1, 0.15) is 5.82 Å². The SMILES string of the molecule is Cc1nc(CSc2ccccc2C(=O)NCc2ccc(N(C)C)nc2)no1. The molecule has 2 aromatic heterocycles. The van der Waals surface area contributed by atoms with E-state index in [1.807, 2.05) is 55.4 Å². The van der Waals surface area contributed by atoms with E-state index < -0.39 is 0 Å². The van der Waals surface area contributed by atoms with Crippen LogP contribution >= 0.6 is 11.8 Å². The molecule has 3 aromatic rings. The van der Waals surface area contributed by atoms with Crippen molar-refractivity contribution in [1.29, 1.82) is 0 Å². The molecule has 0 bridgehead atoms. The lowest BCUT2D eigenvalue weighted by Crippen LogP contribution is -2.23. The zero-order valence-electron chi connectivity index (χ0n) is 15.5. The Balaban J connectivity index is 1.62. The van der Waals surface area contributed by atoms with Crippen LogP contribution in [0.4, 0.5) is 5.82 Å². The van der Waals surface area contributed by atoms with Crippen molar-refractivity contribution in [3.63, 3.8) is 0 Å². The fourth-order valence-corrected chi connectivity index (χ4v) is 3.28. The summed E-state index contributed by atoms with van der Waals surface area (Å²) in [7, 11) is 3.88. The minimum atomic E-state index is -0.126. The molecule has 0 spiro atoms. The molecule has 0 saturated heterocycles. The molecule has 0 atom stereocenters. The van der Waals surface area contributed by atoms with Gasteiger partial charge in [0.05, 0.1) is 11.3 Å². The molecule has 1 N–H and O–H groups in total. The van der Waals surface area contributed by atoms with Gasteiger partial charge in [-0.05, 0) is 23.8 Å². The average molecular weight is 383 g/mol. The van der Waals surface area contributed by atoms with E-state index >= 15 is 0 Å². The number of anilines is 1. The first-order valence-corrected chi connectivity index (χ1v) is 9.43. The molecular formula is C19H21N5O2S. The van der Waals surface area contributed by atoms with Crippen molar-refractivity contribution in [2.24, 2.45) is 0 Å². The normalized spacial score (nSPS) is 10.6. The van der Waals surface area contributed by atoms with Gasteiger partial charge < -0.3 is 14.7 Å². The molecule has 2 heterocycles. The second-order valence-electron chi connectivity index (χ2n) is 6.12. The highest BCUT2D eigenvalue weighted by Gasteiger charge is 2.13. The molecule has 27 heavy (non-hydrogen) atoms. The topological polar surface area (TPSA) is 84.2 Å². The molecule has 0 radical (unpaired) electrons. The summed E-state index contributed by atoms with van der Waals surface area (Å²) in [6.45, 7) is 2.17. The smallest absolute Gasteiger partial charge is 0.252 e. The maximum Gasteiger partial charge on any atom is 0.252 e. The largest absolute Gasteiger partial charge is 0.363 e. The third-order valence-corrected chi connectivity index (χ3v) is 4.85. The van der Waals surface area contributed by atoms with Crippen molar-refractivity contribution < 1.29 is 9.32 Å². The molecule has 1 amide bonds. The number of benzene rings is 1. The van der Waals surface area contributed by atoms with Gasteiger partial charge in [-0.3, -0.25) is 4.79 Å². The Kier molecular flexibility index (Phi) is 6.08. The van der Waals surface area contributed by atoms with Crippen molar-refractivity contribution in [2.45, 2.75) is 24.1 Å². The number of aryl methyl sites for hydroxylation is 1. The molecule has 0 saturated carbocycles. The van der Waals surface area contributed by atoms with E-state index in [2.05, 4.69) is 20.4 Å². The predicted octanol–water partition coefficient (Wildman–Crippen LogP) is 3.06. The maximum absolute atomic E-state index is 12.6. The molecule has 140 valence electrons. The molecule has 8 heteroatoms. The van der Waals surface area contributed by atoms with Gasteiger partial charge in [0.25, 0.3) is 5.91 Å². The number of pyridine rings is 1. The number of carbonyl (C=O) groups excluding carboxylic acids is 1. The van der Waals surface area contributed by atoms with E-state index in [4.69, 9.17) is 4.52 Å². The molecule has 7 nitrogen and oxygen atoms in total. The number of aromatic nitrogens is 3. The molecular weight excluding hydrogens is 362 g/mol. The molecule has 0 fully saturated rings. The Labute approximate surface area is 162 Å². The van der Waals surface area contributed by atoms with Gasteiger partial charge in [0.15, 0.2) is 5.82 Å². The summed E-state index contributed by atoms with van der Waals surface area (Å²) in [5.41, 5.74) is 1.57. The summed E-state index contributed by atoms with van der Waals surface area (Å²) in [6.07, 6.45) is 1.77. The van der Waals surface area contributed by atoms with Crippen LogP contribution < -0.4 is 10.2 Å². The quantitative estimate of drug-likeness (QED) is 0.628.